The van der Waals surface area contributed by atoms with Crippen LogP contribution in [0.15, 0.2) is 53.4 Å². The molecule has 26 heavy (non-hydrogen) atoms. The van der Waals surface area contributed by atoms with Gasteiger partial charge < -0.3 is 4.90 Å². The molecular formula is C18H18ClFN2O3S. The second kappa shape index (κ2) is 7.99. The van der Waals surface area contributed by atoms with E-state index in [4.69, 9.17) is 16.7 Å². The van der Waals surface area contributed by atoms with Crippen LogP contribution in [0.5, 0.6) is 0 Å². The summed E-state index contributed by atoms with van der Waals surface area (Å²) in [6.45, 7) is 1.79. The number of rotatable bonds is 5. The van der Waals surface area contributed by atoms with Crippen LogP contribution in [0.1, 0.15) is 24.1 Å². The van der Waals surface area contributed by atoms with Gasteiger partial charge >= 0.3 is 0 Å². The maximum Gasteiger partial charge on any atom is 0.246 e. The van der Waals surface area contributed by atoms with Gasteiger partial charge in [-0.3, -0.25) is 4.79 Å². The van der Waals surface area contributed by atoms with E-state index >= 15 is 0 Å². The number of nitrogens with two attached hydrogens (primary N) is 1. The topological polar surface area (TPSA) is 80.5 Å². The largest absolute Gasteiger partial charge is 0.335 e. The summed E-state index contributed by atoms with van der Waals surface area (Å²) in [6.07, 6.45) is 2.56. The predicted molar refractivity (Wildman–Crippen MR) is 99.4 cm³/mol. The number of halogens is 2. The molecule has 0 aromatic heterocycles. The Labute approximate surface area is 156 Å². The number of carbonyl (C=O) groups is 1. The van der Waals surface area contributed by atoms with E-state index in [2.05, 4.69) is 0 Å². The summed E-state index contributed by atoms with van der Waals surface area (Å²) >= 11 is 5.93. The van der Waals surface area contributed by atoms with Crippen LogP contribution in [0.4, 0.5) is 4.39 Å². The van der Waals surface area contributed by atoms with Gasteiger partial charge in [0.05, 0.1) is 16.0 Å². The molecular weight excluding hydrogens is 379 g/mol. The molecule has 2 aromatic rings. The number of sulfonamides is 1. The zero-order valence-corrected chi connectivity index (χ0v) is 15.8. The second-order valence-electron chi connectivity index (χ2n) is 5.71. The van der Waals surface area contributed by atoms with Crippen LogP contribution >= 0.6 is 11.6 Å². The Bertz CT molecular complexity index is 923. The predicted octanol–water partition coefficient (Wildman–Crippen LogP) is 3.36. The van der Waals surface area contributed by atoms with Gasteiger partial charge in [-0.1, -0.05) is 29.8 Å². The number of likely N-dealkylation sites (N-methyl/N-ethyl adjacent to an activating group) is 1. The minimum Gasteiger partial charge on any atom is -0.335 e. The van der Waals surface area contributed by atoms with Crippen LogP contribution in [0, 0.1) is 5.82 Å². The average molecular weight is 397 g/mol. The van der Waals surface area contributed by atoms with Crippen molar-refractivity contribution >= 4 is 33.6 Å². The standard InChI is InChI=1S/C18H18ClFN2O3S/c1-12(13-6-8-14(9-7-13)26(21,24)25)22(2)18(23)11-10-15-16(19)4-3-5-17(15)20/h3-12H,1-2H3,(H2,21,24,25). The van der Waals surface area contributed by atoms with E-state index in [1.807, 2.05) is 0 Å². The fourth-order valence-electron chi connectivity index (χ4n) is 2.29. The van der Waals surface area contributed by atoms with Crippen molar-refractivity contribution in [3.8, 4) is 0 Å². The number of hydrogen-bond acceptors (Lipinski definition) is 3. The first-order chi connectivity index (χ1) is 12.1. The zero-order chi connectivity index (χ0) is 19.5. The molecule has 1 atom stereocenters. The Hall–Kier alpha value is -2.22. The van der Waals surface area contributed by atoms with Gasteiger partial charge in [0.25, 0.3) is 0 Å². The van der Waals surface area contributed by atoms with Crippen LogP contribution in [-0.4, -0.2) is 26.3 Å². The number of nitrogens with zero attached hydrogens (tertiary/aromatic N) is 1. The molecule has 2 aromatic carbocycles. The molecule has 0 aliphatic heterocycles. The summed E-state index contributed by atoms with van der Waals surface area (Å²) < 4.78 is 36.3. The van der Waals surface area contributed by atoms with E-state index < -0.39 is 15.8 Å². The van der Waals surface area contributed by atoms with Crippen molar-refractivity contribution in [1.29, 1.82) is 0 Å². The molecule has 0 radical (unpaired) electrons. The van der Waals surface area contributed by atoms with Crippen molar-refractivity contribution in [3.05, 3.63) is 70.5 Å². The molecule has 0 bridgehead atoms. The number of carbonyl (C=O) groups excluding carboxylic acids is 1. The van der Waals surface area contributed by atoms with Gasteiger partial charge in [0.1, 0.15) is 5.82 Å². The summed E-state index contributed by atoms with van der Waals surface area (Å²) in [6, 6.07) is 9.89. The van der Waals surface area contributed by atoms with E-state index in [0.29, 0.717) is 0 Å². The van der Waals surface area contributed by atoms with E-state index in [1.165, 1.54) is 47.4 Å². The van der Waals surface area contributed by atoms with Crippen LogP contribution in [0.25, 0.3) is 6.08 Å². The number of benzene rings is 2. The van der Waals surface area contributed by atoms with Crippen molar-refractivity contribution < 1.29 is 17.6 Å². The highest BCUT2D eigenvalue weighted by Gasteiger charge is 2.17. The lowest BCUT2D eigenvalue weighted by atomic mass is 10.1. The Balaban J connectivity index is 2.16. The Morgan fingerprint density at radius 3 is 2.38 bits per heavy atom. The summed E-state index contributed by atoms with van der Waals surface area (Å²) in [4.78, 5) is 13.8. The molecule has 0 saturated heterocycles. The lowest BCUT2D eigenvalue weighted by Crippen LogP contribution is -2.28. The highest BCUT2D eigenvalue weighted by atomic mass is 35.5. The molecule has 0 fully saturated rings. The number of hydrogen-bond donors (Lipinski definition) is 1. The van der Waals surface area contributed by atoms with Crippen LogP contribution in [0.3, 0.4) is 0 Å². The third kappa shape index (κ3) is 4.69. The third-order valence-corrected chi connectivity index (χ3v) is 5.27. The van der Waals surface area contributed by atoms with Crippen molar-refractivity contribution in [2.45, 2.75) is 17.9 Å². The quantitative estimate of drug-likeness (QED) is 0.787. The second-order valence-corrected chi connectivity index (χ2v) is 7.68. The monoisotopic (exact) mass is 396 g/mol. The molecule has 0 spiro atoms. The minimum absolute atomic E-state index is 0.00322. The van der Waals surface area contributed by atoms with Gasteiger partial charge in [-0.05, 0) is 42.8 Å². The average Bonchev–Trinajstić information content (AvgIpc) is 2.59. The van der Waals surface area contributed by atoms with Gasteiger partial charge in [0.2, 0.25) is 15.9 Å². The van der Waals surface area contributed by atoms with Gasteiger partial charge in [-0.15, -0.1) is 0 Å². The highest BCUT2D eigenvalue weighted by Crippen LogP contribution is 2.23. The van der Waals surface area contributed by atoms with E-state index in [-0.39, 0.29) is 27.4 Å². The van der Waals surface area contributed by atoms with Crippen molar-refractivity contribution in [2.75, 3.05) is 7.05 Å². The first-order valence-electron chi connectivity index (χ1n) is 7.63. The van der Waals surface area contributed by atoms with E-state index in [0.717, 1.165) is 5.56 Å². The van der Waals surface area contributed by atoms with Crippen LogP contribution in [0.2, 0.25) is 5.02 Å². The molecule has 8 heteroatoms. The molecule has 0 aliphatic rings. The lowest BCUT2D eigenvalue weighted by molar-refractivity contribution is -0.126. The highest BCUT2D eigenvalue weighted by molar-refractivity contribution is 7.89. The Morgan fingerprint density at radius 2 is 1.85 bits per heavy atom. The molecule has 2 rings (SSSR count). The van der Waals surface area contributed by atoms with Crippen LogP contribution in [-0.2, 0) is 14.8 Å². The fraction of sp³-hybridized carbons (Fsp3) is 0.167. The Morgan fingerprint density at radius 1 is 1.23 bits per heavy atom. The number of amides is 1. The number of primary sulfonamides is 1. The summed E-state index contributed by atoms with van der Waals surface area (Å²) in [5, 5.41) is 5.28. The molecule has 138 valence electrons. The van der Waals surface area contributed by atoms with Crippen molar-refractivity contribution in [2.24, 2.45) is 5.14 Å². The molecule has 1 amide bonds. The van der Waals surface area contributed by atoms with Gasteiger partial charge in [-0.2, -0.15) is 0 Å². The molecule has 0 saturated carbocycles. The molecule has 0 aliphatic carbocycles. The molecule has 2 N–H and O–H groups in total. The maximum absolute atomic E-state index is 13.7. The van der Waals surface area contributed by atoms with E-state index in [1.54, 1.807) is 26.1 Å². The SMILES string of the molecule is CC(c1ccc(S(N)(=O)=O)cc1)N(C)C(=O)C=Cc1c(F)cccc1Cl. The first kappa shape index (κ1) is 20.1. The summed E-state index contributed by atoms with van der Waals surface area (Å²) in [5.41, 5.74) is 0.867. The van der Waals surface area contributed by atoms with E-state index in [9.17, 15) is 17.6 Å². The third-order valence-electron chi connectivity index (χ3n) is 4.01. The summed E-state index contributed by atoms with van der Waals surface area (Å²) in [7, 11) is -2.18. The van der Waals surface area contributed by atoms with Crippen molar-refractivity contribution in [1.82, 2.24) is 4.90 Å². The van der Waals surface area contributed by atoms with Crippen LogP contribution < -0.4 is 5.14 Å². The first-order valence-corrected chi connectivity index (χ1v) is 9.55. The lowest BCUT2D eigenvalue weighted by Gasteiger charge is -2.24. The Kier molecular flexibility index (Phi) is 6.17. The summed E-state index contributed by atoms with van der Waals surface area (Å²) in [5.74, 6) is -0.872. The molecule has 0 heterocycles. The van der Waals surface area contributed by atoms with Crippen molar-refractivity contribution in [3.63, 3.8) is 0 Å². The smallest absolute Gasteiger partial charge is 0.246 e. The maximum atomic E-state index is 13.7. The van der Waals surface area contributed by atoms with Gasteiger partial charge in [0, 0.05) is 18.7 Å². The fourth-order valence-corrected chi connectivity index (χ4v) is 3.03. The van der Waals surface area contributed by atoms with Gasteiger partial charge in [-0.25, -0.2) is 17.9 Å². The molecule has 5 nitrogen and oxygen atoms in total. The van der Waals surface area contributed by atoms with Gasteiger partial charge in [0.15, 0.2) is 0 Å². The normalized spacial score (nSPS) is 13.0. The molecule has 1 unspecified atom stereocenters. The zero-order valence-electron chi connectivity index (χ0n) is 14.2. The minimum atomic E-state index is -3.77.